The zero-order chi connectivity index (χ0) is 13.9. The van der Waals surface area contributed by atoms with Crippen molar-refractivity contribution in [1.82, 2.24) is 15.0 Å². The first-order valence-corrected chi connectivity index (χ1v) is 6.57. The van der Waals surface area contributed by atoms with Gasteiger partial charge in [-0.3, -0.25) is 0 Å². The first-order valence-electron chi connectivity index (χ1n) is 6.57. The van der Waals surface area contributed by atoms with Crippen LogP contribution in [-0.4, -0.2) is 15.0 Å². The van der Waals surface area contributed by atoms with Crippen LogP contribution in [0.15, 0.2) is 60.8 Å². The van der Waals surface area contributed by atoms with Crippen molar-refractivity contribution in [2.24, 2.45) is 0 Å². The van der Waals surface area contributed by atoms with Gasteiger partial charge in [-0.15, -0.1) is 5.10 Å². The molecule has 0 bridgehead atoms. The Labute approximate surface area is 117 Å². The fraction of sp³-hybridized carbons (Fsp3) is 0.125. The van der Waals surface area contributed by atoms with Gasteiger partial charge in [-0.1, -0.05) is 53.7 Å². The van der Waals surface area contributed by atoms with Crippen molar-refractivity contribution in [3.05, 3.63) is 66.4 Å². The fourth-order valence-corrected chi connectivity index (χ4v) is 2.20. The van der Waals surface area contributed by atoms with E-state index < -0.39 is 0 Å². The summed E-state index contributed by atoms with van der Waals surface area (Å²) in [5, 5.41) is 8.45. The van der Waals surface area contributed by atoms with Crippen LogP contribution in [0.25, 0.3) is 11.3 Å². The molecule has 2 aromatic carbocycles. The van der Waals surface area contributed by atoms with E-state index in [2.05, 4.69) is 29.4 Å². The Hall–Kier alpha value is -2.62. The molecule has 4 heteroatoms. The Balaban J connectivity index is 1.93. The maximum absolute atomic E-state index is 5.97. The molecular weight excluding hydrogens is 248 g/mol. The summed E-state index contributed by atoms with van der Waals surface area (Å²) in [6.07, 6.45) is 1.93. The van der Waals surface area contributed by atoms with Crippen LogP contribution < -0.4 is 5.73 Å². The Morgan fingerprint density at radius 3 is 2.45 bits per heavy atom. The van der Waals surface area contributed by atoms with Gasteiger partial charge in [0.15, 0.2) is 0 Å². The second-order valence-corrected chi connectivity index (χ2v) is 4.76. The van der Waals surface area contributed by atoms with E-state index in [4.69, 9.17) is 5.73 Å². The van der Waals surface area contributed by atoms with E-state index in [0.29, 0.717) is 5.69 Å². The summed E-state index contributed by atoms with van der Waals surface area (Å²) in [4.78, 5) is 0. The van der Waals surface area contributed by atoms with Crippen molar-refractivity contribution in [2.45, 2.75) is 13.0 Å². The molecule has 4 nitrogen and oxygen atoms in total. The third-order valence-electron chi connectivity index (χ3n) is 3.43. The number of para-hydroxylation sites is 1. The second kappa shape index (κ2) is 5.17. The highest BCUT2D eigenvalue weighted by Gasteiger charge is 2.12. The van der Waals surface area contributed by atoms with Gasteiger partial charge < -0.3 is 5.73 Å². The van der Waals surface area contributed by atoms with Crippen LogP contribution in [0.1, 0.15) is 18.5 Å². The Morgan fingerprint density at radius 2 is 1.70 bits per heavy atom. The number of hydrogen-bond acceptors (Lipinski definition) is 3. The van der Waals surface area contributed by atoms with E-state index in [1.807, 2.05) is 53.3 Å². The SMILES string of the molecule is CC(c1ccccc1)n1cc(-c2ccccc2N)nn1. The van der Waals surface area contributed by atoms with Crippen molar-refractivity contribution in [3.63, 3.8) is 0 Å². The molecule has 1 heterocycles. The van der Waals surface area contributed by atoms with E-state index in [0.717, 1.165) is 11.3 Å². The lowest BCUT2D eigenvalue weighted by molar-refractivity contribution is 0.543. The standard InChI is InChI=1S/C16H16N4/c1-12(13-7-3-2-4-8-13)20-11-16(18-19-20)14-9-5-6-10-15(14)17/h2-12H,17H2,1H3. The van der Waals surface area contributed by atoms with Crippen molar-refractivity contribution in [1.29, 1.82) is 0 Å². The zero-order valence-corrected chi connectivity index (χ0v) is 11.3. The van der Waals surface area contributed by atoms with E-state index in [1.165, 1.54) is 5.56 Å². The van der Waals surface area contributed by atoms with Crippen molar-refractivity contribution in [3.8, 4) is 11.3 Å². The van der Waals surface area contributed by atoms with Crippen LogP contribution in [0.5, 0.6) is 0 Å². The van der Waals surface area contributed by atoms with Gasteiger partial charge in [-0.2, -0.15) is 0 Å². The predicted molar refractivity (Wildman–Crippen MR) is 80.1 cm³/mol. The van der Waals surface area contributed by atoms with Crippen molar-refractivity contribution in [2.75, 3.05) is 5.73 Å². The van der Waals surface area contributed by atoms with Crippen molar-refractivity contribution < 1.29 is 0 Å². The van der Waals surface area contributed by atoms with Crippen LogP contribution >= 0.6 is 0 Å². The summed E-state index contributed by atoms with van der Waals surface area (Å²) in [6.45, 7) is 2.10. The van der Waals surface area contributed by atoms with Gasteiger partial charge in [0.25, 0.3) is 0 Å². The first kappa shape index (κ1) is 12.4. The lowest BCUT2D eigenvalue weighted by Gasteiger charge is -2.11. The van der Waals surface area contributed by atoms with Crippen LogP contribution in [0, 0.1) is 0 Å². The summed E-state index contributed by atoms with van der Waals surface area (Å²) in [5.74, 6) is 0. The van der Waals surface area contributed by atoms with Crippen LogP contribution in [-0.2, 0) is 0 Å². The largest absolute Gasteiger partial charge is 0.398 e. The minimum Gasteiger partial charge on any atom is -0.398 e. The highest BCUT2D eigenvalue weighted by molar-refractivity contribution is 5.72. The Kier molecular flexibility index (Phi) is 3.21. The molecule has 0 spiro atoms. The van der Waals surface area contributed by atoms with Gasteiger partial charge in [0, 0.05) is 11.3 Å². The number of nitrogens with zero attached hydrogens (tertiary/aromatic N) is 3. The average molecular weight is 264 g/mol. The molecular formula is C16H16N4. The molecule has 1 atom stereocenters. The number of rotatable bonds is 3. The topological polar surface area (TPSA) is 56.7 Å². The summed E-state index contributed by atoms with van der Waals surface area (Å²) < 4.78 is 1.86. The summed E-state index contributed by atoms with van der Waals surface area (Å²) in [5.41, 5.74) is 9.60. The maximum atomic E-state index is 5.97. The number of hydrogen-bond donors (Lipinski definition) is 1. The van der Waals surface area contributed by atoms with Crippen molar-refractivity contribution >= 4 is 5.69 Å². The Morgan fingerprint density at radius 1 is 1.00 bits per heavy atom. The molecule has 0 saturated heterocycles. The molecule has 1 aromatic heterocycles. The van der Waals surface area contributed by atoms with Crippen LogP contribution in [0.4, 0.5) is 5.69 Å². The third-order valence-corrected chi connectivity index (χ3v) is 3.43. The molecule has 0 saturated carbocycles. The predicted octanol–water partition coefficient (Wildman–Crippen LogP) is 3.14. The molecule has 3 rings (SSSR count). The maximum Gasteiger partial charge on any atom is 0.115 e. The number of nitrogens with two attached hydrogens (primary N) is 1. The Bertz CT molecular complexity index is 703. The first-order chi connectivity index (χ1) is 9.75. The molecule has 0 amide bonds. The third kappa shape index (κ3) is 2.28. The normalized spacial score (nSPS) is 12.2. The molecule has 100 valence electrons. The van der Waals surface area contributed by atoms with E-state index in [9.17, 15) is 0 Å². The van der Waals surface area contributed by atoms with Gasteiger partial charge >= 0.3 is 0 Å². The summed E-state index contributed by atoms with van der Waals surface area (Å²) in [7, 11) is 0. The molecule has 0 aliphatic carbocycles. The average Bonchev–Trinajstić information content (AvgIpc) is 2.97. The number of anilines is 1. The van der Waals surface area contributed by atoms with Gasteiger partial charge in [0.1, 0.15) is 5.69 Å². The quantitative estimate of drug-likeness (QED) is 0.739. The molecule has 0 fully saturated rings. The number of nitrogen functional groups attached to an aromatic ring is 1. The molecule has 20 heavy (non-hydrogen) atoms. The van der Waals surface area contributed by atoms with Crippen LogP contribution in [0.3, 0.4) is 0 Å². The lowest BCUT2D eigenvalue weighted by atomic mass is 10.1. The van der Waals surface area contributed by atoms with E-state index in [-0.39, 0.29) is 6.04 Å². The molecule has 2 N–H and O–H groups in total. The highest BCUT2D eigenvalue weighted by atomic mass is 15.4. The number of aromatic nitrogens is 3. The summed E-state index contributed by atoms with van der Waals surface area (Å²) in [6, 6.07) is 18.1. The minimum absolute atomic E-state index is 0.141. The lowest BCUT2D eigenvalue weighted by Crippen LogP contribution is -2.07. The monoisotopic (exact) mass is 264 g/mol. The molecule has 0 radical (unpaired) electrons. The summed E-state index contributed by atoms with van der Waals surface area (Å²) >= 11 is 0. The fourth-order valence-electron chi connectivity index (χ4n) is 2.20. The van der Waals surface area contributed by atoms with Gasteiger partial charge in [0.2, 0.25) is 0 Å². The number of benzene rings is 2. The second-order valence-electron chi connectivity index (χ2n) is 4.76. The molecule has 3 aromatic rings. The molecule has 0 aliphatic rings. The minimum atomic E-state index is 0.141. The molecule has 0 aliphatic heterocycles. The van der Waals surface area contributed by atoms with Gasteiger partial charge in [0.05, 0.1) is 12.2 Å². The zero-order valence-electron chi connectivity index (χ0n) is 11.3. The highest BCUT2D eigenvalue weighted by Crippen LogP contribution is 2.25. The van der Waals surface area contributed by atoms with Crippen LogP contribution in [0.2, 0.25) is 0 Å². The van der Waals surface area contributed by atoms with Gasteiger partial charge in [-0.05, 0) is 18.6 Å². The molecule has 1 unspecified atom stereocenters. The van der Waals surface area contributed by atoms with E-state index in [1.54, 1.807) is 0 Å². The van der Waals surface area contributed by atoms with E-state index >= 15 is 0 Å². The smallest absolute Gasteiger partial charge is 0.115 e. The van der Waals surface area contributed by atoms with Gasteiger partial charge in [-0.25, -0.2) is 4.68 Å².